The number of carbonyl (C=O) groups excluding carboxylic acids is 2. The summed E-state index contributed by atoms with van der Waals surface area (Å²) in [6, 6.07) is 20.3. The first kappa shape index (κ1) is 75.3. The quantitative estimate of drug-likeness (QED) is 0.0532. The molecule has 3 fully saturated rings. The third-order valence-corrected chi connectivity index (χ3v) is 16.6. The Morgan fingerprint density at radius 3 is 1.20 bits per heavy atom. The number of aromatic nitrogens is 10. The molecule has 2 aromatic carbocycles. The number of amides is 2. The second-order valence-electron chi connectivity index (χ2n) is 25.8. The summed E-state index contributed by atoms with van der Waals surface area (Å²) in [5, 5.41) is 35.0. The van der Waals surface area contributed by atoms with E-state index >= 15 is 0 Å². The fourth-order valence-corrected chi connectivity index (χ4v) is 11.2. The molecule has 25 nitrogen and oxygen atoms in total. The van der Waals surface area contributed by atoms with E-state index in [1.165, 1.54) is 24.3 Å². The van der Waals surface area contributed by atoms with E-state index in [0.29, 0.717) is 83.7 Å². The SMILES string of the molecule is CC(C)(C)OC(=O)N1CCC(n2cc(-c3cnc(N)c(CO)c3)cn2)CC1.CC(C)(C)OC(=O)N1CCC(n2cc(-c3cnc(N)c(COc4cccc(F)c4)c3)cn2)CC1.Cl.Nc1ncc(-c2cnn(C3CCNCC3)c2)cc1COc1cccc(F)c1.Nc1ncc(Br)cc1CO. The number of benzene rings is 2. The summed E-state index contributed by atoms with van der Waals surface area (Å²) in [6.45, 7) is 16.0. The maximum atomic E-state index is 13.4. The molecule has 29 heteroatoms. The van der Waals surface area contributed by atoms with Gasteiger partial charge in [0, 0.05) is 142 Å². The molecule has 9 aromatic rings. The zero-order valence-electron chi connectivity index (χ0n) is 56.3. The molecule has 0 atom stereocenters. The Labute approximate surface area is 588 Å². The second kappa shape index (κ2) is 34.8. The number of nitrogens with one attached hydrogen (secondary N) is 1. The molecule has 11 N–H and O–H groups in total. The first-order valence-corrected chi connectivity index (χ1v) is 33.1. The maximum Gasteiger partial charge on any atom is 0.410 e. The molecule has 3 aliphatic rings. The van der Waals surface area contributed by atoms with Gasteiger partial charge in [-0.1, -0.05) is 12.1 Å². The molecule has 0 unspecified atom stereocenters. The van der Waals surface area contributed by atoms with Gasteiger partial charge in [0.1, 0.15) is 70.8 Å². The number of carbonyl (C=O) groups is 2. The van der Waals surface area contributed by atoms with Crippen LogP contribution in [0.25, 0.3) is 33.4 Å². The molecule has 0 radical (unpaired) electrons. The van der Waals surface area contributed by atoms with E-state index in [0.717, 1.165) is 95.0 Å². The molecule has 7 aromatic heterocycles. The van der Waals surface area contributed by atoms with Gasteiger partial charge in [-0.2, -0.15) is 15.3 Å². The van der Waals surface area contributed by atoms with Gasteiger partial charge in [-0.15, -0.1) is 12.4 Å². The summed E-state index contributed by atoms with van der Waals surface area (Å²) < 4.78 is 55.7. The molecule has 2 amide bonds. The van der Waals surface area contributed by atoms with Gasteiger partial charge >= 0.3 is 12.2 Å². The third kappa shape index (κ3) is 22.0. The third-order valence-electron chi connectivity index (χ3n) is 16.2. The zero-order valence-corrected chi connectivity index (χ0v) is 58.7. The van der Waals surface area contributed by atoms with E-state index in [1.54, 1.807) is 77.3 Å². The van der Waals surface area contributed by atoms with Crippen molar-refractivity contribution in [2.75, 3.05) is 62.2 Å². The Balaban J connectivity index is 0.000000177. The van der Waals surface area contributed by atoms with Crippen molar-refractivity contribution in [2.45, 2.75) is 136 Å². The number of nitrogens with zero attached hydrogens (tertiary/aromatic N) is 12. The standard InChI is InChI=1S/C25H30FN5O3.C20H22FN5O.C19H27N5O3.C6H7BrN2O.ClH/c1-25(2,3)34-24(32)30-9-7-21(8-10-30)31-15-19(14-29-31)17-11-18(23(27)28-13-17)16-33-22-6-4-5-20(26)12-22;21-17-2-1-3-19(9-17)27-13-15-8-14(10-24-20(15)22)16-11-25-26(12-16)18-4-6-23-7-5-18;1-19(2,3)27-18(26)23-6-4-16(5-7-23)24-11-15(10-22-24)13-8-14(12-25)17(20)21-9-13;7-5-1-4(3-10)6(8)9-2-5;/h4-6,11-15,21H,7-10,16H2,1-3H3,(H2,27,28);1-3,8-12,18,23H,4-7,13H2,(H2,22,24);8-11,16,25H,4-7,12H2,1-3H3,(H2,20,21);1-2,10H,3H2,(H2,8,9);1H. The van der Waals surface area contributed by atoms with Crippen LogP contribution in [0.3, 0.4) is 0 Å². The number of pyridine rings is 4. The molecule has 0 aliphatic carbocycles. The Morgan fingerprint density at radius 1 is 0.505 bits per heavy atom. The predicted molar refractivity (Wildman–Crippen MR) is 380 cm³/mol. The van der Waals surface area contributed by atoms with Gasteiger partial charge in [0.2, 0.25) is 0 Å². The molecule has 99 heavy (non-hydrogen) atoms. The van der Waals surface area contributed by atoms with Crippen molar-refractivity contribution >= 4 is 63.8 Å². The minimum absolute atomic E-state index is 0. The van der Waals surface area contributed by atoms with Crippen molar-refractivity contribution in [3.8, 4) is 44.9 Å². The van der Waals surface area contributed by atoms with Crippen LogP contribution >= 0.6 is 28.3 Å². The van der Waals surface area contributed by atoms with Crippen molar-refractivity contribution in [3.63, 3.8) is 0 Å². The average molecular weight is 1450 g/mol. The van der Waals surface area contributed by atoms with Crippen molar-refractivity contribution in [3.05, 3.63) is 173 Å². The first-order chi connectivity index (χ1) is 46.9. The topological polar surface area (TPSA) is 339 Å². The van der Waals surface area contributed by atoms with E-state index in [-0.39, 0.29) is 74.7 Å². The molecule has 3 saturated heterocycles. The number of likely N-dealkylation sites (tertiary alicyclic amines) is 2. The normalized spacial score (nSPS) is 14.5. The molecule has 0 saturated carbocycles. The van der Waals surface area contributed by atoms with Gasteiger partial charge in [0.05, 0.1) is 49.9 Å². The second-order valence-corrected chi connectivity index (χ2v) is 26.7. The highest BCUT2D eigenvalue weighted by molar-refractivity contribution is 9.10. The molecule has 10 heterocycles. The number of rotatable bonds is 14. The van der Waals surface area contributed by atoms with Gasteiger partial charge in [-0.25, -0.2) is 38.3 Å². The highest BCUT2D eigenvalue weighted by Gasteiger charge is 2.30. The molecular formula is C70H87BrClF2N17O8. The van der Waals surface area contributed by atoms with Crippen molar-refractivity contribution in [1.82, 2.24) is 64.4 Å². The summed E-state index contributed by atoms with van der Waals surface area (Å²) >= 11 is 3.21. The molecular weight excluding hydrogens is 1360 g/mol. The van der Waals surface area contributed by atoms with Gasteiger partial charge in [0.15, 0.2) is 0 Å². The van der Waals surface area contributed by atoms with Crippen molar-refractivity contribution in [1.29, 1.82) is 0 Å². The fourth-order valence-electron chi connectivity index (χ4n) is 10.9. The summed E-state index contributed by atoms with van der Waals surface area (Å²) in [6.07, 6.45) is 23.0. The van der Waals surface area contributed by atoms with Crippen LogP contribution in [-0.4, -0.2) is 132 Å². The highest BCUT2D eigenvalue weighted by atomic mass is 79.9. The van der Waals surface area contributed by atoms with E-state index < -0.39 is 11.2 Å². The summed E-state index contributed by atoms with van der Waals surface area (Å²) in [5.41, 5.74) is 30.4. The minimum atomic E-state index is -0.501. The van der Waals surface area contributed by atoms with E-state index in [4.69, 9.17) is 47.0 Å². The number of aliphatic hydroxyl groups is 2. The number of aliphatic hydroxyl groups excluding tert-OH is 2. The number of anilines is 4. The van der Waals surface area contributed by atoms with Gasteiger partial charge < -0.3 is 67.2 Å². The van der Waals surface area contributed by atoms with Crippen LogP contribution in [0.2, 0.25) is 0 Å². The van der Waals surface area contributed by atoms with E-state index in [1.807, 2.05) is 92.4 Å². The molecule has 3 aliphatic heterocycles. The first-order valence-electron chi connectivity index (χ1n) is 32.3. The summed E-state index contributed by atoms with van der Waals surface area (Å²) in [5.74, 6) is 1.67. The van der Waals surface area contributed by atoms with Crippen molar-refractivity contribution < 1.29 is 47.5 Å². The number of hydrogen-bond acceptors (Lipinski definition) is 20. The lowest BCUT2D eigenvalue weighted by molar-refractivity contribution is 0.0174. The summed E-state index contributed by atoms with van der Waals surface area (Å²) in [7, 11) is 0. The van der Waals surface area contributed by atoms with E-state index in [9.17, 15) is 23.5 Å². The van der Waals surface area contributed by atoms with Gasteiger partial charge in [0.25, 0.3) is 0 Å². The monoisotopic (exact) mass is 1450 g/mol. The Bertz CT molecular complexity index is 4110. The maximum absolute atomic E-state index is 13.4. The Kier molecular flexibility index (Phi) is 26.5. The number of nitrogens with two attached hydrogens (primary N) is 4. The van der Waals surface area contributed by atoms with Gasteiger partial charge in [-0.3, -0.25) is 14.0 Å². The van der Waals surface area contributed by atoms with Crippen LogP contribution in [0, 0.1) is 11.6 Å². The number of piperidine rings is 3. The van der Waals surface area contributed by atoms with E-state index in [2.05, 4.69) is 62.7 Å². The predicted octanol–water partition coefficient (Wildman–Crippen LogP) is 11.9. The lowest BCUT2D eigenvalue weighted by Gasteiger charge is -2.33. The van der Waals surface area contributed by atoms with Crippen LogP contribution in [0.5, 0.6) is 11.5 Å². The van der Waals surface area contributed by atoms with Gasteiger partial charge in [-0.05, 0) is 158 Å². The van der Waals surface area contributed by atoms with Crippen LogP contribution in [0.1, 0.15) is 120 Å². The Morgan fingerprint density at radius 2 is 0.848 bits per heavy atom. The van der Waals surface area contributed by atoms with Crippen LogP contribution < -0.4 is 37.7 Å². The molecule has 0 spiro atoms. The van der Waals surface area contributed by atoms with Crippen LogP contribution in [-0.2, 0) is 35.9 Å². The number of halogens is 4. The minimum Gasteiger partial charge on any atom is -0.489 e. The molecule has 12 rings (SSSR count). The highest BCUT2D eigenvalue weighted by Crippen LogP contribution is 2.32. The van der Waals surface area contributed by atoms with Crippen LogP contribution in [0.15, 0.2) is 139 Å². The average Bonchev–Trinajstić information content (AvgIpc) is 1.72. The number of hydrogen-bond donors (Lipinski definition) is 7. The lowest BCUT2D eigenvalue weighted by Crippen LogP contribution is -2.42. The molecule has 528 valence electrons. The smallest absolute Gasteiger partial charge is 0.410 e. The number of nitrogen functional groups attached to an aromatic ring is 4. The molecule has 0 bridgehead atoms. The number of ether oxygens (including phenoxy) is 4. The van der Waals surface area contributed by atoms with Crippen molar-refractivity contribution in [2.24, 2.45) is 0 Å². The van der Waals surface area contributed by atoms with Crippen LogP contribution in [0.4, 0.5) is 41.6 Å². The Hall–Kier alpha value is -9.48. The lowest BCUT2D eigenvalue weighted by atomic mass is 10.1. The zero-order chi connectivity index (χ0) is 70.1. The largest absolute Gasteiger partial charge is 0.489 e. The fraction of sp³-hybridized carbons (Fsp3) is 0.386. The summed E-state index contributed by atoms with van der Waals surface area (Å²) in [4.78, 5) is 44.5.